The highest BCUT2D eigenvalue weighted by Gasteiger charge is 2.25. The van der Waals surface area contributed by atoms with Crippen LogP contribution in [0.1, 0.15) is 20.3 Å². The third kappa shape index (κ3) is 4.06. The summed E-state index contributed by atoms with van der Waals surface area (Å²) in [6.45, 7) is 3.41. The van der Waals surface area contributed by atoms with Gasteiger partial charge in [0.25, 0.3) is 0 Å². The van der Waals surface area contributed by atoms with Crippen LogP contribution >= 0.6 is 0 Å². The zero-order valence-corrected chi connectivity index (χ0v) is 9.52. The average molecular weight is 226 g/mol. The smallest absolute Gasteiger partial charge is 0.417 e. The molecule has 0 aliphatic rings. The maximum atomic E-state index is 11.2. The van der Waals surface area contributed by atoms with Gasteiger partial charge in [-0.25, -0.2) is 9.59 Å². The van der Waals surface area contributed by atoms with Crippen molar-refractivity contribution in [3.05, 3.63) is 17.2 Å². The Bertz CT molecular complexity index is 354. The number of esters is 2. The monoisotopic (exact) mass is 226 g/mol. The normalized spacial score (nSPS) is 10.3. The predicted molar refractivity (Wildman–Crippen MR) is 55.6 cm³/mol. The van der Waals surface area contributed by atoms with Gasteiger partial charge in [0.2, 0.25) is 0 Å². The Hall–Kier alpha value is -1.94. The van der Waals surface area contributed by atoms with Gasteiger partial charge < -0.3 is 15.0 Å². The van der Waals surface area contributed by atoms with Crippen molar-refractivity contribution in [2.45, 2.75) is 20.3 Å². The van der Waals surface area contributed by atoms with Crippen molar-refractivity contribution in [3.63, 3.8) is 0 Å². The molecule has 0 aliphatic heterocycles. The van der Waals surface area contributed by atoms with E-state index in [2.05, 4.69) is 14.3 Å². The predicted octanol–water partition coefficient (Wildman–Crippen LogP) is 0.730. The number of hydrogen-bond acceptors (Lipinski definition) is 4. The molecule has 0 bridgehead atoms. The molecule has 0 aromatic carbocycles. The van der Waals surface area contributed by atoms with E-state index in [4.69, 9.17) is 5.53 Å². The van der Waals surface area contributed by atoms with Gasteiger partial charge >= 0.3 is 17.7 Å². The maximum absolute atomic E-state index is 11.2. The summed E-state index contributed by atoms with van der Waals surface area (Å²) >= 11 is 0. The molecule has 0 saturated carbocycles. The molecule has 0 spiro atoms. The molecule has 0 aromatic heterocycles. The number of methoxy groups -OCH3 is 1. The molecule has 0 radical (unpaired) electrons. The van der Waals surface area contributed by atoms with Gasteiger partial charge in [-0.2, -0.15) is 4.79 Å². The molecular formula is C10H14N2O4. The third-order valence-electron chi connectivity index (χ3n) is 1.79. The van der Waals surface area contributed by atoms with Gasteiger partial charge in [0, 0.05) is 5.57 Å². The van der Waals surface area contributed by atoms with Crippen LogP contribution in [0.4, 0.5) is 0 Å². The Labute approximate surface area is 93.5 Å². The Morgan fingerprint density at radius 3 is 2.38 bits per heavy atom. The molecule has 0 heterocycles. The molecule has 0 amide bonds. The molecule has 0 fully saturated rings. The van der Waals surface area contributed by atoms with Crippen LogP contribution in [-0.4, -0.2) is 36.2 Å². The van der Waals surface area contributed by atoms with Crippen molar-refractivity contribution in [2.75, 3.05) is 13.7 Å². The minimum atomic E-state index is -0.756. The number of allylic oxidation sites excluding steroid dienone is 1. The number of carbonyl (C=O) groups excluding carboxylic acids is 2. The first-order valence-electron chi connectivity index (χ1n) is 4.72. The second-order valence-corrected chi connectivity index (χ2v) is 2.75. The highest BCUT2D eigenvalue weighted by molar-refractivity contribution is 6.35. The summed E-state index contributed by atoms with van der Waals surface area (Å²) in [6.07, 6.45) is 1.36. The quantitative estimate of drug-likeness (QED) is 0.227. The van der Waals surface area contributed by atoms with Crippen molar-refractivity contribution in [2.24, 2.45) is 0 Å². The lowest BCUT2D eigenvalue weighted by atomic mass is 10.1. The maximum Gasteiger partial charge on any atom is 0.417 e. The minimum Gasteiger partial charge on any atom is -0.466 e. The molecular weight excluding hydrogens is 212 g/mol. The van der Waals surface area contributed by atoms with Crippen molar-refractivity contribution in [1.82, 2.24) is 0 Å². The van der Waals surface area contributed by atoms with Crippen LogP contribution in [-0.2, 0) is 19.1 Å². The first-order chi connectivity index (χ1) is 7.60. The molecule has 0 saturated heterocycles. The lowest BCUT2D eigenvalue weighted by Crippen LogP contribution is -2.21. The van der Waals surface area contributed by atoms with Gasteiger partial charge in [0.1, 0.15) is 0 Å². The van der Waals surface area contributed by atoms with E-state index >= 15 is 0 Å². The molecule has 88 valence electrons. The van der Waals surface area contributed by atoms with Crippen LogP contribution < -0.4 is 0 Å². The zero-order valence-electron chi connectivity index (χ0n) is 9.52. The first-order valence-corrected chi connectivity index (χ1v) is 4.72. The van der Waals surface area contributed by atoms with Crippen LogP contribution in [0.2, 0.25) is 0 Å². The largest absolute Gasteiger partial charge is 0.466 e. The van der Waals surface area contributed by atoms with Crippen molar-refractivity contribution < 1.29 is 23.9 Å². The second kappa shape index (κ2) is 7.36. The highest BCUT2D eigenvalue weighted by atomic mass is 16.5. The third-order valence-corrected chi connectivity index (χ3v) is 1.79. The fraction of sp³-hybridized carbons (Fsp3) is 0.500. The molecule has 16 heavy (non-hydrogen) atoms. The first kappa shape index (κ1) is 14.1. The molecule has 6 nitrogen and oxygen atoms in total. The zero-order chi connectivity index (χ0) is 12.6. The van der Waals surface area contributed by atoms with Crippen molar-refractivity contribution in [1.29, 1.82) is 0 Å². The van der Waals surface area contributed by atoms with Crippen molar-refractivity contribution in [3.8, 4) is 0 Å². The van der Waals surface area contributed by atoms with E-state index in [9.17, 15) is 9.59 Å². The lowest BCUT2D eigenvalue weighted by molar-refractivity contribution is -0.140. The van der Waals surface area contributed by atoms with Crippen LogP contribution in [0.25, 0.3) is 5.53 Å². The molecule has 0 aromatic rings. The Morgan fingerprint density at radius 1 is 1.38 bits per heavy atom. The standard InChI is InChI=1S/C10H14N2O4/c1-4-7(9(13)15-3)6-8(12-11)10(14)16-5-2/h4H,5-6H2,1-3H3/b7-4+. The van der Waals surface area contributed by atoms with Gasteiger partial charge in [-0.05, 0) is 13.8 Å². The molecule has 0 unspecified atom stereocenters. The molecule has 0 aliphatic carbocycles. The lowest BCUT2D eigenvalue weighted by Gasteiger charge is -2.01. The number of rotatable bonds is 5. The average Bonchev–Trinajstić information content (AvgIpc) is 2.30. The highest BCUT2D eigenvalue weighted by Crippen LogP contribution is 2.05. The van der Waals surface area contributed by atoms with E-state index in [0.717, 1.165) is 0 Å². The van der Waals surface area contributed by atoms with Crippen LogP contribution in [0.5, 0.6) is 0 Å². The van der Waals surface area contributed by atoms with E-state index in [-0.39, 0.29) is 24.3 Å². The fourth-order valence-electron chi connectivity index (χ4n) is 0.966. The van der Waals surface area contributed by atoms with E-state index in [0.29, 0.717) is 0 Å². The summed E-state index contributed by atoms with van der Waals surface area (Å²) in [5.41, 5.74) is 8.62. The Morgan fingerprint density at radius 2 is 2.00 bits per heavy atom. The summed E-state index contributed by atoms with van der Waals surface area (Å²) in [5, 5.41) is 0. The van der Waals surface area contributed by atoms with Gasteiger partial charge in [-0.15, -0.1) is 0 Å². The molecule has 0 atom stereocenters. The van der Waals surface area contributed by atoms with Crippen LogP contribution in [0, 0.1) is 0 Å². The van der Waals surface area contributed by atoms with E-state index in [1.807, 2.05) is 0 Å². The van der Waals surface area contributed by atoms with E-state index < -0.39 is 11.9 Å². The SMILES string of the molecule is C/C=C(\CC(=[N+]=[N-])C(=O)OCC)C(=O)OC. The number of nitrogens with zero attached hydrogens (tertiary/aromatic N) is 2. The van der Waals surface area contributed by atoms with Gasteiger partial charge in [0.15, 0.2) is 0 Å². The Balaban J connectivity index is 4.74. The summed E-state index contributed by atoms with van der Waals surface area (Å²) in [5.74, 6) is -1.33. The molecule has 6 heteroatoms. The number of ether oxygens (including phenoxy) is 2. The summed E-state index contributed by atoms with van der Waals surface area (Å²) in [7, 11) is 1.23. The van der Waals surface area contributed by atoms with Crippen molar-refractivity contribution >= 4 is 17.7 Å². The summed E-state index contributed by atoms with van der Waals surface area (Å²) < 4.78 is 9.14. The van der Waals surface area contributed by atoms with E-state index in [1.165, 1.54) is 13.2 Å². The fourth-order valence-corrected chi connectivity index (χ4v) is 0.966. The molecule has 0 N–H and O–H groups in total. The van der Waals surface area contributed by atoms with Gasteiger partial charge in [0.05, 0.1) is 20.1 Å². The second-order valence-electron chi connectivity index (χ2n) is 2.75. The topological polar surface area (TPSA) is 89.0 Å². The van der Waals surface area contributed by atoms with Crippen LogP contribution in [0.15, 0.2) is 11.6 Å². The van der Waals surface area contributed by atoms with E-state index in [1.54, 1.807) is 13.8 Å². The number of hydrogen-bond donors (Lipinski definition) is 0. The minimum absolute atomic E-state index is 0.126. The van der Waals surface area contributed by atoms with Crippen LogP contribution in [0.3, 0.4) is 0 Å². The summed E-state index contributed by atoms with van der Waals surface area (Å²) in [6, 6.07) is 0. The number of carbonyl (C=O) groups is 2. The van der Waals surface area contributed by atoms with Gasteiger partial charge in [-0.3, -0.25) is 0 Å². The summed E-state index contributed by atoms with van der Waals surface area (Å²) in [4.78, 5) is 25.2. The molecule has 0 rings (SSSR count). The van der Waals surface area contributed by atoms with Gasteiger partial charge in [-0.1, -0.05) is 6.08 Å². The Kier molecular flexibility index (Phi) is 6.47.